The minimum atomic E-state index is 0. The molecule has 0 aliphatic carbocycles. The topological polar surface area (TPSA) is 37.0 Å². The van der Waals surface area contributed by atoms with E-state index >= 15 is 0 Å². The number of hydrogen-bond acceptors (Lipinski definition) is 3. The molecule has 2 N–H and O–H groups in total. The normalized spacial score (nSPS) is 22.1. The lowest BCUT2D eigenvalue weighted by atomic mass is 10.1. The van der Waals surface area contributed by atoms with E-state index in [1.54, 1.807) is 0 Å². The van der Waals surface area contributed by atoms with E-state index in [9.17, 15) is 0 Å². The molecule has 0 aromatic carbocycles. The molecule has 0 bridgehead atoms. The molecule has 1 unspecified atom stereocenters. The number of pyridine rings is 1. The van der Waals surface area contributed by atoms with E-state index in [1.807, 2.05) is 18.3 Å². The zero-order chi connectivity index (χ0) is 9.80. The largest absolute Gasteiger partial charge is 0.315 e. The predicted octanol–water partition coefficient (Wildman–Crippen LogP) is 1.52. The Balaban J connectivity index is 0.00000112. The van der Waals surface area contributed by atoms with Crippen molar-refractivity contribution in [2.45, 2.75) is 25.4 Å². The van der Waals surface area contributed by atoms with Gasteiger partial charge in [0, 0.05) is 24.8 Å². The van der Waals surface area contributed by atoms with Crippen molar-refractivity contribution < 1.29 is 0 Å². The van der Waals surface area contributed by atoms with Gasteiger partial charge in [-0.15, -0.1) is 12.4 Å². The van der Waals surface area contributed by atoms with E-state index < -0.39 is 0 Å². The predicted molar refractivity (Wildman–Crippen MR) is 64.3 cm³/mol. The molecule has 1 aromatic heterocycles. The van der Waals surface area contributed by atoms with Crippen LogP contribution in [0.3, 0.4) is 0 Å². The molecule has 1 saturated heterocycles. The van der Waals surface area contributed by atoms with Crippen molar-refractivity contribution in [3.05, 3.63) is 30.1 Å². The summed E-state index contributed by atoms with van der Waals surface area (Å²) in [6, 6.07) is 7.01. The first kappa shape index (κ1) is 12.4. The van der Waals surface area contributed by atoms with Gasteiger partial charge in [0.1, 0.15) is 0 Å². The fourth-order valence-electron chi connectivity index (χ4n) is 1.87. The number of hydrogen-bond donors (Lipinski definition) is 2. The molecule has 1 aliphatic heterocycles. The van der Waals surface area contributed by atoms with Gasteiger partial charge >= 0.3 is 0 Å². The van der Waals surface area contributed by atoms with Gasteiger partial charge in [0.2, 0.25) is 0 Å². The van der Waals surface area contributed by atoms with Crippen LogP contribution in [-0.2, 0) is 0 Å². The van der Waals surface area contributed by atoms with Crippen molar-refractivity contribution in [3.8, 4) is 0 Å². The maximum Gasteiger partial charge on any atom is 0.0570 e. The third-order valence-corrected chi connectivity index (χ3v) is 2.68. The van der Waals surface area contributed by atoms with Crippen molar-refractivity contribution in [1.82, 2.24) is 15.6 Å². The molecule has 0 radical (unpaired) electrons. The lowest BCUT2D eigenvalue weighted by Gasteiger charge is -2.17. The first-order valence-corrected chi connectivity index (χ1v) is 5.24. The summed E-state index contributed by atoms with van der Waals surface area (Å²) in [7, 11) is 0. The van der Waals surface area contributed by atoms with E-state index in [0.717, 1.165) is 18.8 Å². The Morgan fingerprint density at radius 2 is 2.40 bits per heavy atom. The Morgan fingerprint density at radius 3 is 3.00 bits per heavy atom. The highest BCUT2D eigenvalue weighted by molar-refractivity contribution is 5.85. The number of nitrogens with zero attached hydrogens (tertiary/aromatic N) is 1. The SMILES string of the molecule is CC(N[C@H]1CCNC1)c1ccccn1.Cl. The Morgan fingerprint density at radius 1 is 1.53 bits per heavy atom. The maximum atomic E-state index is 4.34. The second kappa shape index (κ2) is 6.05. The average Bonchev–Trinajstić information content (AvgIpc) is 2.72. The maximum absolute atomic E-state index is 4.34. The van der Waals surface area contributed by atoms with Gasteiger partial charge < -0.3 is 10.6 Å². The minimum Gasteiger partial charge on any atom is -0.315 e. The van der Waals surface area contributed by atoms with Crippen LogP contribution in [-0.4, -0.2) is 24.1 Å². The molecule has 2 heterocycles. The zero-order valence-corrected chi connectivity index (χ0v) is 9.76. The van der Waals surface area contributed by atoms with E-state index in [0.29, 0.717) is 12.1 Å². The summed E-state index contributed by atoms with van der Waals surface area (Å²) in [5, 5.41) is 6.92. The Bertz CT molecular complexity index is 272. The van der Waals surface area contributed by atoms with Gasteiger partial charge in [-0.05, 0) is 32.0 Å². The monoisotopic (exact) mass is 227 g/mol. The standard InChI is InChI=1S/C11H17N3.ClH/c1-9(11-4-2-3-6-13-11)14-10-5-7-12-8-10;/h2-4,6,9-10,12,14H,5,7-8H2,1H3;1H/t9?,10-;/m0./s1. The van der Waals surface area contributed by atoms with E-state index in [-0.39, 0.29) is 12.4 Å². The Labute approximate surface area is 97.1 Å². The van der Waals surface area contributed by atoms with Crippen LogP contribution in [0.5, 0.6) is 0 Å². The first-order chi connectivity index (χ1) is 6.86. The summed E-state index contributed by atoms with van der Waals surface area (Å²) in [5.74, 6) is 0. The fourth-order valence-corrected chi connectivity index (χ4v) is 1.87. The number of nitrogens with one attached hydrogen (secondary N) is 2. The summed E-state index contributed by atoms with van der Waals surface area (Å²) < 4.78 is 0. The van der Waals surface area contributed by atoms with Gasteiger partial charge in [-0.3, -0.25) is 4.98 Å². The van der Waals surface area contributed by atoms with Crippen LogP contribution in [0.1, 0.15) is 25.1 Å². The zero-order valence-electron chi connectivity index (χ0n) is 8.94. The second-order valence-electron chi connectivity index (χ2n) is 3.83. The first-order valence-electron chi connectivity index (χ1n) is 5.24. The molecule has 0 spiro atoms. The van der Waals surface area contributed by atoms with Crippen LogP contribution in [0, 0.1) is 0 Å². The van der Waals surface area contributed by atoms with Crippen molar-refractivity contribution in [3.63, 3.8) is 0 Å². The molecule has 3 nitrogen and oxygen atoms in total. The smallest absolute Gasteiger partial charge is 0.0570 e. The third-order valence-electron chi connectivity index (χ3n) is 2.68. The molecule has 4 heteroatoms. The molecule has 2 atom stereocenters. The van der Waals surface area contributed by atoms with Crippen LogP contribution in [0.15, 0.2) is 24.4 Å². The molecule has 84 valence electrons. The Kier molecular flexibility index (Phi) is 5.02. The number of rotatable bonds is 3. The van der Waals surface area contributed by atoms with Gasteiger partial charge in [0.25, 0.3) is 0 Å². The summed E-state index contributed by atoms with van der Waals surface area (Å²) in [6.45, 7) is 4.38. The highest BCUT2D eigenvalue weighted by Crippen LogP contribution is 2.10. The third kappa shape index (κ3) is 3.45. The van der Waals surface area contributed by atoms with Crippen molar-refractivity contribution in [1.29, 1.82) is 0 Å². The van der Waals surface area contributed by atoms with Crippen LogP contribution in [0.4, 0.5) is 0 Å². The highest BCUT2D eigenvalue weighted by Gasteiger charge is 2.17. The molecular formula is C11H18ClN3. The van der Waals surface area contributed by atoms with Gasteiger partial charge in [-0.1, -0.05) is 6.07 Å². The molecule has 1 aromatic rings. The average molecular weight is 228 g/mol. The van der Waals surface area contributed by atoms with Crippen LogP contribution >= 0.6 is 12.4 Å². The molecular weight excluding hydrogens is 210 g/mol. The minimum absolute atomic E-state index is 0. The summed E-state index contributed by atoms with van der Waals surface area (Å²) in [4.78, 5) is 4.34. The molecule has 0 saturated carbocycles. The molecule has 1 aliphatic rings. The second-order valence-corrected chi connectivity index (χ2v) is 3.83. The van der Waals surface area contributed by atoms with Crippen LogP contribution < -0.4 is 10.6 Å². The summed E-state index contributed by atoms with van der Waals surface area (Å²) in [5.41, 5.74) is 1.12. The quantitative estimate of drug-likeness (QED) is 0.822. The van der Waals surface area contributed by atoms with E-state index in [2.05, 4.69) is 28.6 Å². The lowest BCUT2D eigenvalue weighted by molar-refractivity contribution is 0.471. The van der Waals surface area contributed by atoms with Gasteiger partial charge in [-0.2, -0.15) is 0 Å². The summed E-state index contributed by atoms with van der Waals surface area (Å²) >= 11 is 0. The Hall–Kier alpha value is -0.640. The van der Waals surface area contributed by atoms with E-state index in [1.165, 1.54) is 6.42 Å². The van der Waals surface area contributed by atoms with Crippen molar-refractivity contribution >= 4 is 12.4 Å². The molecule has 0 amide bonds. The molecule has 2 rings (SSSR count). The van der Waals surface area contributed by atoms with Gasteiger partial charge in [0.15, 0.2) is 0 Å². The van der Waals surface area contributed by atoms with Crippen molar-refractivity contribution in [2.24, 2.45) is 0 Å². The van der Waals surface area contributed by atoms with Gasteiger partial charge in [0.05, 0.1) is 5.69 Å². The lowest BCUT2D eigenvalue weighted by Crippen LogP contribution is -2.33. The number of halogens is 1. The van der Waals surface area contributed by atoms with Gasteiger partial charge in [-0.25, -0.2) is 0 Å². The van der Waals surface area contributed by atoms with Crippen LogP contribution in [0.25, 0.3) is 0 Å². The fraction of sp³-hybridized carbons (Fsp3) is 0.545. The summed E-state index contributed by atoms with van der Waals surface area (Å²) in [6.07, 6.45) is 3.07. The van der Waals surface area contributed by atoms with Crippen molar-refractivity contribution in [2.75, 3.05) is 13.1 Å². The molecule has 1 fully saturated rings. The van der Waals surface area contributed by atoms with Crippen LogP contribution in [0.2, 0.25) is 0 Å². The van der Waals surface area contributed by atoms with E-state index in [4.69, 9.17) is 0 Å². The molecule has 15 heavy (non-hydrogen) atoms. The number of aromatic nitrogens is 1. The highest BCUT2D eigenvalue weighted by atomic mass is 35.5.